The highest BCUT2D eigenvalue weighted by atomic mass is 35.5. The van der Waals surface area contributed by atoms with Crippen LogP contribution in [0.1, 0.15) is 5.56 Å². The maximum atomic E-state index is 10.8. The molecule has 0 aliphatic carbocycles. The summed E-state index contributed by atoms with van der Waals surface area (Å²) in [6.07, 6.45) is 0. The van der Waals surface area contributed by atoms with Gasteiger partial charge in [0.2, 0.25) is 5.89 Å². The van der Waals surface area contributed by atoms with Gasteiger partial charge in [0.05, 0.1) is 15.5 Å². The predicted molar refractivity (Wildman–Crippen MR) is 87.4 cm³/mol. The number of hydrogen-bond donors (Lipinski definition) is 0. The zero-order valence-corrected chi connectivity index (χ0v) is 13.3. The molecule has 0 aliphatic rings. The third kappa shape index (κ3) is 3.69. The summed E-state index contributed by atoms with van der Waals surface area (Å²) in [6, 6.07) is 13.6. The minimum absolute atomic E-state index is 0.0605. The normalized spacial score (nSPS) is 10.7. The van der Waals surface area contributed by atoms with E-state index >= 15 is 0 Å². The summed E-state index contributed by atoms with van der Waals surface area (Å²) >= 11 is 7.40. The van der Waals surface area contributed by atoms with Crippen LogP contribution < -0.4 is 0 Å². The Kier molecular flexibility index (Phi) is 4.59. The number of non-ortho nitro benzene ring substituents is 1. The highest BCUT2D eigenvalue weighted by Gasteiger charge is 2.12. The van der Waals surface area contributed by atoms with Crippen LogP contribution in [0.15, 0.2) is 58.2 Å². The monoisotopic (exact) mass is 347 g/mol. The maximum Gasteiger partial charge on any atom is 0.277 e. The van der Waals surface area contributed by atoms with Crippen LogP contribution in [0.25, 0.3) is 11.5 Å². The molecule has 0 saturated heterocycles. The summed E-state index contributed by atoms with van der Waals surface area (Å²) in [6.45, 7) is 0. The fourth-order valence-electron chi connectivity index (χ4n) is 1.92. The standard InChI is InChI=1S/C15H10ClN3O3S/c16-13-7-2-1-6-12(13)14-17-18-15(22-14)23-9-10-4-3-5-11(8-10)19(20)21/h1-8H,9H2. The molecule has 0 atom stereocenters. The lowest BCUT2D eigenvalue weighted by Gasteiger charge is -1.99. The summed E-state index contributed by atoms with van der Waals surface area (Å²) in [7, 11) is 0. The second-order valence-electron chi connectivity index (χ2n) is 4.57. The quantitative estimate of drug-likeness (QED) is 0.381. The van der Waals surface area contributed by atoms with Gasteiger partial charge in [-0.3, -0.25) is 10.1 Å². The van der Waals surface area contributed by atoms with E-state index in [0.717, 1.165) is 5.56 Å². The highest BCUT2D eigenvalue weighted by molar-refractivity contribution is 7.98. The van der Waals surface area contributed by atoms with Crippen molar-refractivity contribution >= 4 is 29.1 Å². The smallest absolute Gasteiger partial charge is 0.277 e. The molecule has 116 valence electrons. The minimum Gasteiger partial charge on any atom is -0.411 e. The fourth-order valence-corrected chi connectivity index (χ4v) is 2.84. The van der Waals surface area contributed by atoms with Gasteiger partial charge in [-0.2, -0.15) is 0 Å². The van der Waals surface area contributed by atoms with E-state index in [1.165, 1.54) is 23.9 Å². The van der Waals surface area contributed by atoms with Gasteiger partial charge in [-0.1, -0.05) is 47.6 Å². The minimum atomic E-state index is -0.420. The van der Waals surface area contributed by atoms with Crippen LogP contribution in [-0.2, 0) is 5.75 Å². The van der Waals surface area contributed by atoms with Gasteiger partial charge >= 0.3 is 0 Å². The topological polar surface area (TPSA) is 82.1 Å². The molecule has 0 bridgehead atoms. The van der Waals surface area contributed by atoms with Crippen LogP contribution in [0.5, 0.6) is 0 Å². The van der Waals surface area contributed by atoms with Crippen LogP contribution in [0.3, 0.4) is 0 Å². The lowest BCUT2D eigenvalue weighted by atomic mass is 10.2. The summed E-state index contributed by atoms with van der Waals surface area (Å²) in [5.41, 5.74) is 1.54. The van der Waals surface area contributed by atoms with Gasteiger partial charge in [0, 0.05) is 17.9 Å². The molecule has 8 heteroatoms. The Morgan fingerprint density at radius 1 is 1.17 bits per heavy atom. The molecule has 23 heavy (non-hydrogen) atoms. The molecule has 6 nitrogen and oxygen atoms in total. The highest BCUT2D eigenvalue weighted by Crippen LogP contribution is 2.30. The lowest BCUT2D eigenvalue weighted by molar-refractivity contribution is -0.384. The average molecular weight is 348 g/mol. The van der Waals surface area contributed by atoms with Crippen molar-refractivity contribution in [1.29, 1.82) is 0 Å². The third-order valence-corrected chi connectivity index (χ3v) is 4.21. The number of halogens is 1. The first-order valence-electron chi connectivity index (χ1n) is 6.58. The Bertz CT molecular complexity index is 853. The molecule has 0 amide bonds. The molecule has 0 unspecified atom stereocenters. The van der Waals surface area contributed by atoms with Crippen LogP contribution in [-0.4, -0.2) is 15.1 Å². The summed E-state index contributed by atoms with van der Waals surface area (Å²) < 4.78 is 5.57. The van der Waals surface area contributed by atoms with Gasteiger partial charge in [-0.15, -0.1) is 10.2 Å². The lowest BCUT2D eigenvalue weighted by Crippen LogP contribution is -1.89. The van der Waals surface area contributed by atoms with E-state index < -0.39 is 4.92 Å². The molecular weight excluding hydrogens is 338 g/mol. The SMILES string of the molecule is O=[N+]([O-])c1cccc(CSc2nnc(-c3ccccc3Cl)o2)c1. The molecule has 0 spiro atoms. The predicted octanol–water partition coefficient (Wildman–Crippen LogP) is 4.59. The first-order chi connectivity index (χ1) is 11.1. The molecule has 3 rings (SSSR count). The maximum absolute atomic E-state index is 10.8. The average Bonchev–Trinajstić information content (AvgIpc) is 3.02. The number of aromatic nitrogens is 2. The Labute approximate surface area is 140 Å². The second-order valence-corrected chi connectivity index (χ2v) is 5.90. The van der Waals surface area contributed by atoms with E-state index in [9.17, 15) is 10.1 Å². The first-order valence-corrected chi connectivity index (χ1v) is 7.94. The summed E-state index contributed by atoms with van der Waals surface area (Å²) in [5, 5.41) is 19.6. The number of benzene rings is 2. The largest absolute Gasteiger partial charge is 0.411 e. The number of thioether (sulfide) groups is 1. The molecule has 0 saturated carbocycles. The van der Waals surface area contributed by atoms with Crippen molar-refractivity contribution in [3.05, 3.63) is 69.2 Å². The van der Waals surface area contributed by atoms with E-state index in [2.05, 4.69) is 10.2 Å². The molecule has 1 heterocycles. The number of nitrogens with zero attached hydrogens (tertiary/aromatic N) is 3. The van der Waals surface area contributed by atoms with Crippen molar-refractivity contribution in [1.82, 2.24) is 10.2 Å². The van der Waals surface area contributed by atoms with Gasteiger partial charge in [0.25, 0.3) is 10.9 Å². The van der Waals surface area contributed by atoms with E-state index in [1.807, 2.05) is 18.2 Å². The Balaban J connectivity index is 1.72. The molecule has 0 aliphatic heterocycles. The van der Waals surface area contributed by atoms with Crippen molar-refractivity contribution in [3.63, 3.8) is 0 Å². The van der Waals surface area contributed by atoms with Crippen LogP contribution in [0, 0.1) is 10.1 Å². The Morgan fingerprint density at radius 2 is 2.00 bits per heavy atom. The van der Waals surface area contributed by atoms with Crippen LogP contribution in [0.2, 0.25) is 5.02 Å². The van der Waals surface area contributed by atoms with Gasteiger partial charge in [-0.25, -0.2) is 0 Å². The number of hydrogen-bond acceptors (Lipinski definition) is 6. The van der Waals surface area contributed by atoms with E-state index in [0.29, 0.717) is 27.5 Å². The molecule has 0 fully saturated rings. The molecule has 1 aromatic heterocycles. The van der Waals surface area contributed by atoms with E-state index in [4.69, 9.17) is 16.0 Å². The van der Waals surface area contributed by atoms with Crippen molar-refractivity contribution < 1.29 is 9.34 Å². The van der Waals surface area contributed by atoms with Crippen LogP contribution >= 0.6 is 23.4 Å². The summed E-state index contributed by atoms with van der Waals surface area (Å²) in [4.78, 5) is 10.3. The molecule has 0 radical (unpaired) electrons. The number of nitro groups is 1. The van der Waals surface area contributed by atoms with Gasteiger partial charge in [0.1, 0.15) is 0 Å². The van der Waals surface area contributed by atoms with Gasteiger partial charge < -0.3 is 4.42 Å². The third-order valence-electron chi connectivity index (χ3n) is 2.99. The Hall–Kier alpha value is -2.38. The van der Waals surface area contributed by atoms with Crippen molar-refractivity contribution in [2.24, 2.45) is 0 Å². The zero-order valence-electron chi connectivity index (χ0n) is 11.7. The van der Waals surface area contributed by atoms with Crippen molar-refractivity contribution in [2.75, 3.05) is 0 Å². The number of rotatable bonds is 5. The number of nitro benzene ring substituents is 1. The molecular formula is C15H10ClN3O3S. The van der Waals surface area contributed by atoms with Gasteiger partial charge in [-0.05, 0) is 17.7 Å². The van der Waals surface area contributed by atoms with E-state index in [-0.39, 0.29) is 5.69 Å². The Morgan fingerprint density at radius 3 is 2.78 bits per heavy atom. The zero-order chi connectivity index (χ0) is 16.2. The van der Waals surface area contributed by atoms with Crippen molar-refractivity contribution in [3.8, 4) is 11.5 Å². The van der Waals surface area contributed by atoms with E-state index in [1.54, 1.807) is 18.2 Å². The van der Waals surface area contributed by atoms with Gasteiger partial charge in [0.15, 0.2) is 0 Å². The molecule has 3 aromatic rings. The second kappa shape index (κ2) is 6.80. The first kappa shape index (κ1) is 15.5. The summed E-state index contributed by atoms with van der Waals surface area (Å²) in [5.74, 6) is 0.836. The van der Waals surface area contributed by atoms with Crippen LogP contribution in [0.4, 0.5) is 5.69 Å². The molecule has 0 N–H and O–H groups in total. The molecule has 2 aromatic carbocycles. The fraction of sp³-hybridized carbons (Fsp3) is 0.0667. The van der Waals surface area contributed by atoms with Crippen molar-refractivity contribution in [2.45, 2.75) is 11.0 Å².